The molecule has 0 saturated carbocycles. The zero-order valence-corrected chi connectivity index (χ0v) is 15.4. The third-order valence-corrected chi connectivity index (χ3v) is 5.49. The molecular weight excluding hydrogens is 332 g/mol. The molecule has 0 aliphatic carbocycles. The lowest BCUT2D eigenvalue weighted by Gasteiger charge is -2.40. The summed E-state index contributed by atoms with van der Waals surface area (Å²) in [5.74, 6) is -0.835. The Balaban J connectivity index is 1.71. The highest BCUT2D eigenvalue weighted by Crippen LogP contribution is 2.38. The first-order valence-electron chi connectivity index (χ1n) is 9.25. The van der Waals surface area contributed by atoms with E-state index in [0.29, 0.717) is 38.6 Å². The summed E-state index contributed by atoms with van der Waals surface area (Å²) >= 11 is 0. The van der Waals surface area contributed by atoms with Crippen LogP contribution < -0.4 is 0 Å². The number of piperidine rings is 1. The summed E-state index contributed by atoms with van der Waals surface area (Å²) in [7, 11) is 0. The first kappa shape index (κ1) is 18.4. The molecular formula is C20H26N2O4. The van der Waals surface area contributed by atoms with Crippen LogP contribution in [0.25, 0.3) is 0 Å². The van der Waals surface area contributed by atoms with Crippen LogP contribution in [0.4, 0.5) is 0 Å². The Morgan fingerprint density at radius 2 is 2.15 bits per heavy atom. The number of likely N-dealkylation sites (tertiary alicyclic amines) is 1. The molecule has 140 valence electrons. The van der Waals surface area contributed by atoms with Gasteiger partial charge in [0.1, 0.15) is 6.10 Å². The Kier molecular flexibility index (Phi) is 5.30. The molecule has 2 unspecified atom stereocenters. The fourth-order valence-corrected chi connectivity index (χ4v) is 4.03. The molecule has 0 spiro atoms. The third-order valence-electron chi connectivity index (χ3n) is 5.49. The van der Waals surface area contributed by atoms with Gasteiger partial charge in [-0.3, -0.25) is 9.59 Å². The molecule has 0 bridgehead atoms. The van der Waals surface area contributed by atoms with Crippen molar-refractivity contribution in [3.8, 4) is 0 Å². The topological polar surface area (TPSA) is 79.2 Å². The minimum Gasteiger partial charge on any atom is -0.481 e. The van der Waals surface area contributed by atoms with Crippen molar-refractivity contribution in [2.45, 2.75) is 52.1 Å². The lowest BCUT2D eigenvalue weighted by molar-refractivity contribution is -0.158. The summed E-state index contributed by atoms with van der Waals surface area (Å²) in [6.45, 7) is 4.73. The average Bonchev–Trinajstić information content (AvgIpc) is 3.09. The van der Waals surface area contributed by atoms with Gasteiger partial charge in [0.25, 0.3) is 0 Å². The van der Waals surface area contributed by atoms with Crippen molar-refractivity contribution < 1.29 is 19.5 Å². The molecule has 1 amide bonds. The molecule has 1 fully saturated rings. The normalized spacial score (nSPS) is 25.5. The summed E-state index contributed by atoms with van der Waals surface area (Å²) in [5, 5.41) is 14.1. The fourth-order valence-electron chi connectivity index (χ4n) is 4.03. The van der Waals surface area contributed by atoms with E-state index in [2.05, 4.69) is 5.16 Å². The Morgan fingerprint density at radius 3 is 2.85 bits per heavy atom. The van der Waals surface area contributed by atoms with E-state index in [4.69, 9.17) is 4.84 Å². The minimum atomic E-state index is -0.954. The van der Waals surface area contributed by atoms with Gasteiger partial charge in [-0.25, -0.2) is 0 Å². The molecule has 6 heteroatoms. The molecule has 0 radical (unpaired) electrons. The monoisotopic (exact) mass is 358 g/mol. The van der Waals surface area contributed by atoms with E-state index in [0.717, 1.165) is 16.8 Å². The van der Waals surface area contributed by atoms with Gasteiger partial charge in [0.15, 0.2) is 0 Å². The maximum absolute atomic E-state index is 12.1. The SMILES string of the molecule is CCC(=O)N1CCCC(CC2CC(c3ccccc3C)=NO2)(C(=O)O)C1. The Labute approximate surface area is 153 Å². The van der Waals surface area contributed by atoms with Crippen LogP contribution in [0.15, 0.2) is 29.4 Å². The quantitative estimate of drug-likeness (QED) is 0.877. The molecule has 1 aromatic carbocycles. The van der Waals surface area contributed by atoms with E-state index < -0.39 is 11.4 Å². The summed E-state index contributed by atoms with van der Waals surface area (Å²) in [6.07, 6.45) is 2.37. The van der Waals surface area contributed by atoms with E-state index in [1.165, 1.54) is 0 Å². The molecule has 0 aromatic heterocycles. The van der Waals surface area contributed by atoms with Crippen molar-refractivity contribution in [1.29, 1.82) is 0 Å². The van der Waals surface area contributed by atoms with Crippen LogP contribution in [-0.4, -0.2) is 46.8 Å². The minimum absolute atomic E-state index is 0.0134. The molecule has 6 nitrogen and oxygen atoms in total. The number of carboxylic acids is 1. The molecule has 1 N–H and O–H groups in total. The molecule has 1 saturated heterocycles. The second-order valence-corrected chi connectivity index (χ2v) is 7.35. The van der Waals surface area contributed by atoms with Gasteiger partial charge in [-0.1, -0.05) is 36.3 Å². The Morgan fingerprint density at radius 1 is 1.38 bits per heavy atom. The number of amides is 1. The van der Waals surface area contributed by atoms with Crippen molar-refractivity contribution in [2.24, 2.45) is 10.6 Å². The number of carbonyl (C=O) groups is 2. The van der Waals surface area contributed by atoms with E-state index >= 15 is 0 Å². The Bertz CT molecular complexity index is 730. The number of aliphatic carboxylic acids is 1. The second-order valence-electron chi connectivity index (χ2n) is 7.35. The fraction of sp³-hybridized carbons (Fsp3) is 0.550. The maximum Gasteiger partial charge on any atom is 0.311 e. The smallest absolute Gasteiger partial charge is 0.311 e. The molecule has 26 heavy (non-hydrogen) atoms. The lowest BCUT2D eigenvalue weighted by Crippen LogP contribution is -2.51. The van der Waals surface area contributed by atoms with Crippen LogP contribution in [0, 0.1) is 12.3 Å². The Hall–Kier alpha value is -2.37. The van der Waals surface area contributed by atoms with E-state index in [9.17, 15) is 14.7 Å². The highest BCUT2D eigenvalue weighted by atomic mass is 16.6. The predicted molar refractivity (Wildman–Crippen MR) is 98.0 cm³/mol. The number of carbonyl (C=O) groups excluding carboxylic acids is 1. The van der Waals surface area contributed by atoms with Gasteiger partial charge >= 0.3 is 5.97 Å². The standard InChI is InChI=1S/C20H26N2O4/c1-3-18(23)22-10-6-9-20(13-22,19(24)25)12-15-11-17(21-26-15)16-8-5-4-7-14(16)2/h4-5,7-8,15H,3,6,9-13H2,1-2H3,(H,24,25). The summed E-state index contributed by atoms with van der Waals surface area (Å²) in [5.41, 5.74) is 2.09. The number of carboxylic acid groups (broad SMARTS) is 1. The number of aryl methyl sites for hydroxylation is 1. The lowest BCUT2D eigenvalue weighted by atomic mass is 9.74. The van der Waals surface area contributed by atoms with Crippen molar-refractivity contribution in [2.75, 3.05) is 13.1 Å². The van der Waals surface area contributed by atoms with Crippen molar-refractivity contribution in [3.63, 3.8) is 0 Å². The molecule has 2 heterocycles. The number of oxime groups is 1. The number of benzene rings is 1. The number of nitrogens with zero attached hydrogens (tertiary/aromatic N) is 2. The first-order valence-corrected chi connectivity index (χ1v) is 9.25. The van der Waals surface area contributed by atoms with Gasteiger partial charge in [0, 0.05) is 37.9 Å². The van der Waals surface area contributed by atoms with Crippen LogP contribution >= 0.6 is 0 Å². The van der Waals surface area contributed by atoms with Crippen molar-refractivity contribution in [3.05, 3.63) is 35.4 Å². The number of hydrogen-bond donors (Lipinski definition) is 1. The van der Waals surface area contributed by atoms with E-state index in [1.807, 2.05) is 38.1 Å². The largest absolute Gasteiger partial charge is 0.481 e. The highest BCUT2D eigenvalue weighted by molar-refractivity contribution is 6.02. The molecule has 1 aromatic rings. The zero-order chi connectivity index (χ0) is 18.7. The first-order chi connectivity index (χ1) is 12.4. The van der Waals surface area contributed by atoms with Gasteiger partial charge in [-0.15, -0.1) is 0 Å². The molecule has 2 atom stereocenters. The molecule has 2 aliphatic rings. The van der Waals surface area contributed by atoms with Crippen LogP contribution in [-0.2, 0) is 14.4 Å². The van der Waals surface area contributed by atoms with Crippen LogP contribution in [0.5, 0.6) is 0 Å². The van der Waals surface area contributed by atoms with E-state index in [1.54, 1.807) is 4.90 Å². The van der Waals surface area contributed by atoms with Gasteiger partial charge in [0.2, 0.25) is 5.91 Å². The predicted octanol–water partition coefficient (Wildman–Crippen LogP) is 2.98. The summed E-state index contributed by atoms with van der Waals surface area (Å²) in [4.78, 5) is 31.4. The zero-order valence-electron chi connectivity index (χ0n) is 15.4. The van der Waals surface area contributed by atoms with Crippen LogP contribution in [0.1, 0.15) is 50.2 Å². The van der Waals surface area contributed by atoms with Gasteiger partial charge < -0.3 is 14.8 Å². The van der Waals surface area contributed by atoms with E-state index in [-0.39, 0.29) is 18.6 Å². The summed E-state index contributed by atoms with van der Waals surface area (Å²) < 4.78 is 0. The van der Waals surface area contributed by atoms with Crippen LogP contribution in [0.2, 0.25) is 0 Å². The van der Waals surface area contributed by atoms with Gasteiger partial charge in [0.05, 0.1) is 11.1 Å². The third kappa shape index (κ3) is 3.59. The van der Waals surface area contributed by atoms with Crippen LogP contribution in [0.3, 0.4) is 0 Å². The average molecular weight is 358 g/mol. The highest BCUT2D eigenvalue weighted by Gasteiger charge is 2.46. The number of hydrogen-bond acceptors (Lipinski definition) is 4. The summed E-state index contributed by atoms with van der Waals surface area (Å²) in [6, 6.07) is 7.98. The van der Waals surface area contributed by atoms with Crippen molar-refractivity contribution in [1.82, 2.24) is 4.90 Å². The van der Waals surface area contributed by atoms with Gasteiger partial charge in [-0.2, -0.15) is 0 Å². The molecule has 2 aliphatic heterocycles. The second kappa shape index (κ2) is 7.48. The van der Waals surface area contributed by atoms with Gasteiger partial charge in [-0.05, 0) is 25.3 Å². The number of rotatable bonds is 5. The molecule has 3 rings (SSSR count). The van der Waals surface area contributed by atoms with Crippen molar-refractivity contribution >= 4 is 17.6 Å². The maximum atomic E-state index is 12.1.